The van der Waals surface area contributed by atoms with Crippen molar-refractivity contribution in [3.05, 3.63) is 59.1 Å². The van der Waals surface area contributed by atoms with Gasteiger partial charge in [0.1, 0.15) is 11.5 Å². The summed E-state index contributed by atoms with van der Waals surface area (Å²) < 4.78 is 1.71. The van der Waals surface area contributed by atoms with Gasteiger partial charge in [0.2, 0.25) is 0 Å². The largest absolute Gasteiger partial charge is 0.383 e. The molecule has 0 amide bonds. The molecule has 21 heavy (non-hydrogen) atoms. The van der Waals surface area contributed by atoms with E-state index in [4.69, 9.17) is 17.3 Å². The number of nitrogens with two attached hydrogens (primary N) is 1. The van der Waals surface area contributed by atoms with Gasteiger partial charge >= 0.3 is 0 Å². The molecule has 106 valence electrons. The van der Waals surface area contributed by atoms with Gasteiger partial charge in [-0.3, -0.25) is 4.68 Å². The number of hydrogen-bond donors (Lipinski definition) is 1. The van der Waals surface area contributed by atoms with Crippen molar-refractivity contribution in [1.82, 2.24) is 9.78 Å². The summed E-state index contributed by atoms with van der Waals surface area (Å²) in [7, 11) is 1.86. The van der Waals surface area contributed by atoms with Crippen molar-refractivity contribution >= 4 is 17.4 Å². The highest BCUT2D eigenvalue weighted by Gasteiger charge is 2.17. The van der Waals surface area contributed by atoms with Crippen molar-refractivity contribution in [1.29, 1.82) is 0 Å². The quantitative estimate of drug-likeness (QED) is 0.766. The van der Waals surface area contributed by atoms with Gasteiger partial charge in [0.15, 0.2) is 0 Å². The van der Waals surface area contributed by atoms with Gasteiger partial charge in [-0.15, -0.1) is 0 Å². The normalized spacial score (nSPS) is 10.8. The summed E-state index contributed by atoms with van der Waals surface area (Å²) >= 11 is 6.11. The maximum Gasteiger partial charge on any atom is 0.129 e. The van der Waals surface area contributed by atoms with Crippen LogP contribution in [0.15, 0.2) is 48.5 Å². The van der Waals surface area contributed by atoms with Crippen LogP contribution in [-0.4, -0.2) is 9.78 Å². The molecule has 3 nitrogen and oxygen atoms in total. The van der Waals surface area contributed by atoms with E-state index in [1.807, 2.05) is 62.5 Å². The molecule has 3 rings (SSSR count). The lowest BCUT2D eigenvalue weighted by Crippen LogP contribution is -1.97. The van der Waals surface area contributed by atoms with Crippen LogP contribution < -0.4 is 5.73 Å². The minimum atomic E-state index is 0.656. The molecule has 0 atom stereocenters. The molecule has 0 aliphatic rings. The fourth-order valence-electron chi connectivity index (χ4n) is 2.42. The summed E-state index contributed by atoms with van der Waals surface area (Å²) in [5.41, 5.74) is 11.2. The lowest BCUT2D eigenvalue weighted by atomic mass is 10.00. The second-order valence-corrected chi connectivity index (χ2v) is 5.47. The standard InChI is InChI=1S/C17H16ClN3/c1-11-10-13(8-9-14(11)18)16-15(17(19)21(2)20-16)12-6-4-3-5-7-12/h3-10H,19H2,1-2H3. The first kappa shape index (κ1) is 13.7. The Morgan fingerprint density at radius 1 is 1.05 bits per heavy atom. The summed E-state index contributed by atoms with van der Waals surface area (Å²) in [5.74, 6) is 0.656. The van der Waals surface area contributed by atoms with Crippen LogP contribution in [0.2, 0.25) is 5.02 Å². The fraction of sp³-hybridized carbons (Fsp3) is 0.118. The molecule has 0 spiro atoms. The average Bonchev–Trinajstić information content (AvgIpc) is 2.79. The Morgan fingerprint density at radius 2 is 1.76 bits per heavy atom. The second kappa shape index (κ2) is 5.26. The molecule has 0 saturated heterocycles. The zero-order valence-corrected chi connectivity index (χ0v) is 12.7. The number of benzene rings is 2. The summed E-state index contributed by atoms with van der Waals surface area (Å²) in [4.78, 5) is 0. The first-order valence-corrected chi connectivity index (χ1v) is 7.10. The Morgan fingerprint density at radius 3 is 2.43 bits per heavy atom. The van der Waals surface area contributed by atoms with Gasteiger partial charge < -0.3 is 5.73 Å². The molecular formula is C17H16ClN3. The van der Waals surface area contributed by atoms with Gasteiger partial charge in [-0.1, -0.05) is 48.0 Å². The van der Waals surface area contributed by atoms with Gasteiger partial charge in [-0.25, -0.2) is 0 Å². The van der Waals surface area contributed by atoms with Crippen molar-refractivity contribution in [2.75, 3.05) is 5.73 Å². The van der Waals surface area contributed by atoms with Crippen LogP contribution in [0.3, 0.4) is 0 Å². The SMILES string of the molecule is Cc1cc(-c2nn(C)c(N)c2-c2ccccc2)ccc1Cl. The van der Waals surface area contributed by atoms with E-state index >= 15 is 0 Å². The van der Waals surface area contributed by atoms with Gasteiger partial charge in [0.25, 0.3) is 0 Å². The maximum absolute atomic E-state index is 6.22. The molecule has 0 bridgehead atoms. The Bertz CT molecular complexity index is 791. The number of anilines is 1. The Balaban J connectivity index is 2.24. The van der Waals surface area contributed by atoms with E-state index in [9.17, 15) is 0 Å². The number of halogens is 1. The van der Waals surface area contributed by atoms with E-state index in [0.29, 0.717) is 5.82 Å². The zero-order chi connectivity index (χ0) is 15.0. The first-order valence-electron chi connectivity index (χ1n) is 6.72. The monoisotopic (exact) mass is 297 g/mol. The number of aryl methyl sites for hydroxylation is 2. The molecule has 0 aliphatic heterocycles. The molecule has 2 aromatic carbocycles. The van der Waals surface area contributed by atoms with Gasteiger partial charge in [0, 0.05) is 17.6 Å². The van der Waals surface area contributed by atoms with E-state index in [1.165, 1.54) is 0 Å². The smallest absolute Gasteiger partial charge is 0.129 e. The van der Waals surface area contributed by atoms with Gasteiger partial charge in [0.05, 0.1) is 5.56 Å². The van der Waals surface area contributed by atoms with Crippen molar-refractivity contribution < 1.29 is 0 Å². The zero-order valence-electron chi connectivity index (χ0n) is 12.0. The topological polar surface area (TPSA) is 43.8 Å². The fourth-order valence-corrected chi connectivity index (χ4v) is 2.54. The van der Waals surface area contributed by atoms with Crippen LogP contribution >= 0.6 is 11.6 Å². The summed E-state index contributed by atoms with van der Waals surface area (Å²) in [5, 5.41) is 5.33. The summed E-state index contributed by atoms with van der Waals surface area (Å²) in [6, 6.07) is 16.0. The molecule has 4 heteroatoms. The van der Waals surface area contributed by atoms with Crippen molar-refractivity contribution in [3.8, 4) is 22.4 Å². The molecular weight excluding hydrogens is 282 g/mol. The molecule has 1 heterocycles. The van der Waals surface area contributed by atoms with E-state index in [-0.39, 0.29) is 0 Å². The predicted octanol–water partition coefficient (Wildman–Crippen LogP) is 4.30. The van der Waals surface area contributed by atoms with E-state index in [1.54, 1.807) is 4.68 Å². The molecule has 0 unspecified atom stereocenters. The van der Waals surface area contributed by atoms with Crippen molar-refractivity contribution in [3.63, 3.8) is 0 Å². The number of aromatic nitrogens is 2. The van der Waals surface area contributed by atoms with Gasteiger partial charge in [-0.05, 0) is 30.2 Å². The number of hydrogen-bond acceptors (Lipinski definition) is 2. The number of nitrogen functional groups attached to an aromatic ring is 1. The Kier molecular flexibility index (Phi) is 3.43. The van der Waals surface area contributed by atoms with Crippen LogP contribution in [0, 0.1) is 6.92 Å². The van der Waals surface area contributed by atoms with E-state index < -0.39 is 0 Å². The van der Waals surface area contributed by atoms with E-state index in [0.717, 1.165) is 33.0 Å². The highest BCUT2D eigenvalue weighted by atomic mass is 35.5. The third-order valence-electron chi connectivity index (χ3n) is 3.59. The molecule has 1 aromatic heterocycles. The minimum absolute atomic E-state index is 0.656. The predicted molar refractivity (Wildman–Crippen MR) is 88.2 cm³/mol. The second-order valence-electron chi connectivity index (χ2n) is 5.06. The Hall–Kier alpha value is -2.26. The Labute approximate surface area is 129 Å². The highest BCUT2D eigenvalue weighted by molar-refractivity contribution is 6.31. The highest BCUT2D eigenvalue weighted by Crippen LogP contribution is 2.36. The van der Waals surface area contributed by atoms with Crippen molar-refractivity contribution in [2.24, 2.45) is 7.05 Å². The molecule has 2 N–H and O–H groups in total. The summed E-state index contributed by atoms with van der Waals surface area (Å²) in [6.07, 6.45) is 0. The van der Waals surface area contributed by atoms with Gasteiger partial charge in [-0.2, -0.15) is 5.10 Å². The van der Waals surface area contributed by atoms with Crippen LogP contribution in [0.25, 0.3) is 22.4 Å². The first-order chi connectivity index (χ1) is 10.1. The minimum Gasteiger partial charge on any atom is -0.383 e. The average molecular weight is 298 g/mol. The molecule has 0 fully saturated rings. The third-order valence-corrected chi connectivity index (χ3v) is 4.01. The number of rotatable bonds is 2. The molecule has 0 radical (unpaired) electrons. The molecule has 0 saturated carbocycles. The van der Waals surface area contributed by atoms with E-state index in [2.05, 4.69) is 5.10 Å². The lowest BCUT2D eigenvalue weighted by molar-refractivity contribution is 0.782. The number of nitrogens with zero attached hydrogens (tertiary/aromatic N) is 2. The van der Waals surface area contributed by atoms with Crippen LogP contribution in [0.5, 0.6) is 0 Å². The van der Waals surface area contributed by atoms with Crippen LogP contribution in [0.1, 0.15) is 5.56 Å². The molecule has 0 aliphatic carbocycles. The lowest BCUT2D eigenvalue weighted by Gasteiger charge is -2.06. The van der Waals surface area contributed by atoms with Crippen LogP contribution in [-0.2, 0) is 7.05 Å². The van der Waals surface area contributed by atoms with Crippen molar-refractivity contribution in [2.45, 2.75) is 6.92 Å². The third kappa shape index (κ3) is 2.41. The van der Waals surface area contributed by atoms with Crippen LogP contribution in [0.4, 0.5) is 5.82 Å². The maximum atomic E-state index is 6.22. The molecule has 3 aromatic rings. The summed E-state index contributed by atoms with van der Waals surface area (Å²) in [6.45, 7) is 1.99.